The molecule has 0 aliphatic carbocycles. The first-order valence-corrected chi connectivity index (χ1v) is 6.10. The highest BCUT2D eigenvalue weighted by Crippen LogP contribution is 2.37. The largest absolute Gasteiger partial charge is 0.308 e. The zero-order valence-corrected chi connectivity index (χ0v) is 10.0. The van der Waals surface area contributed by atoms with Crippen LogP contribution in [0.25, 0.3) is 10.8 Å². The van der Waals surface area contributed by atoms with E-state index in [9.17, 15) is 4.79 Å². The van der Waals surface area contributed by atoms with Crippen LogP contribution in [0.5, 0.6) is 0 Å². The molecule has 0 aromatic heterocycles. The molecular formula is C16H13NO. The van der Waals surface area contributed by atoms with Gasteiger partial charge < -0.3 is 4.90 Å². The van der Waals surface area contributed by atoms with Gasteiger partial charge in [0.1, 0.15) is 0 Å². The van der Waals surface area contributed by atoms with Gasteiger partial charge in [0.15, 0.2) is 0 Å². The Kier molecular flexibility index (Phi) is 2.53. The third-order valence-corrected chi connectivity index (χ3v) is 3.35. The van der Waals surface area contributed by atoms with Gasteiger partial charge in [-0.25, -0.2) is 0 Å². The molecule has 2 aromatic rings. The highest BCUT2D eigenvalue weighted by molar-refractivity contribution is 6.24. The Hall–Kier alpha value is -2.27. The Morgan fingerprint density at radius 2 is 1.94 bits per heavy atom. The van der Waals surface area contributed by atoms with E-state index >= 15 is 0 Å². The Morgan fingerprint density at radius 3 is 2.72 bits per heavy atom. The second kappa shape index (κ2) is 4.19. The van der Waals surface area contributed by atoms with Crippen LogP contribution in [0, 0.1) is 12.3 Å². The number of nitrogens with zero attached hydrogens (tertiary/aromatic N) is 1. The molecule has 0 N–H and O–H groups in total. The quantitative estimate of drug-likeness (QED) is 0.591. The van der Waals surface area contributed by atoms with E-state index in [2.05, 4.69) is 5.92 Å². The molecule has 1 amide bonds. The van der Waals surface area contributed by atoms with E-state index in [4.69, 9.17) is 6.42 Å². The maximum atomic E-state index is 12.3. The van der Waals surface area contributed by atoms with Gasteiger partial charge in [-0.1, -0.05) is 24.3 Å². The molecule has 0 bridgehead atoms. The highest BCUT2D eigenvalue weighted by atomic mass is 16.2. The standard InChI is InChI=1S/C16H13NO/c1-2-3-4-11-17-14-10-6-8-12-7-5-9-13(15(12)14)16(17)18/h1,5-10H,3-4,11H2. The minimum atomic E-state index is 0.0961. The van der Waals surface area contributed by atoms with Crippen LogP contribution in [0.4, 0.5) is 5.69 Å². The van der Waals surface area contributed by atoms with E-state index in [0.717, 1.165) is 28.4 Å². The van der Waals surface area contributed by atoms with Crippen molar-refractivity contribution in [1.82, 2.24) is 0 Å². The molecule has 88 valence electrons. The molecule has 0 spiro atoms. The summed E-state index contributed by atoms with van der Waals surface area (Å²) in [6.07, 6.45) is 6.80. The van der Waals surface area contributed by atoms with Gasteiger partial charge in [0.2, 0.25) is 0 Å². The first-order chi connectivity index (χ1) is 8.83. The lowest BCUT2D eigenvalue weighted by atomic mass is 10.1. The van der Waals surface area contributed by atoms with Crippen LogP contribution in [0.2, 0.25) is 0 Å². The SMILES string of the molecule is C#CCCCN1C(=O)c2cccc3cccc1c23. The first kappa shape index (κ1) is 10.9. The monoisotopic (exact) mass is 235 g/mol. The van der Waals surface area contributed by atoms with Crippen molar-refractivity contribution in [2.75, 3.05) is 11.4 Å². The highest BCUT2D eigenvalue weighted by Gasteiger charge is 2.28. The van der Waals surface area contributed by atoms with Gasteiger partial charge in [-0.05, 0) is 23.9 Å². The molecule has 0 radical (unpaired) electrons. The average molecular weight is 235 g/mol. The van der Waals surface area contributed by atoms with Crippen LogP contribution < -0.4 is 4.90 Å². The van der Waals surface area contributed by atoms with Crippen molar-refractivity contribution >= 4 is 22.4 Å². The van der Waals surface area contributed by atoms with E-state index in [-0.39, 0.29) is 5.91 Å². The number of hydrogen-bond donors (Lipinski definition) is 0. The van der Waals surface area contributed by atoms with Gasteiger partial charge in [0, 0.05) is 23.9 Å². The third-order valence-electron chi connectivity index (χ3n) is 3.35. The molecule has 1 aliphatic heterocycles. The Balaban J connectivity index is 2.06. The predicted octanol–water partition coefficient (Wildman–Crippen LogP) is 3.21. The van der Waals surface area contributed by atoms with Crippen LogP contribution in [-0.4, -0.2) is 12.5 Å². The lowest BCUT2D eigenvalue weighted by Crippen LogP contribution is -2.27. The fourth-order valence-corrected chi connectivity index (χ4v) is 2.54. The number of carbonyl (C=O) groups excluding carboxylic acids is 1. The minimum absolute atomic E-state index is 0.0961. The van der Waals surface area contributed by atoms with Crippen molar-refractivity contribution in [3.05, 3.63) is 42.0 Å². The summed E-state index contributed by atoms with van der Waals surface area (Å²) in [6.45, 7) is 0.691. The summed E-state index contributed by atoms with van der Waals surface area (Å²) < 4.78 is 0. The zero-order valence-electron chi connectivity index (χ0n) is 10.0. The fraction of sp³-hybridized carbons (Fsp3) is 0.188. The first-order valence-electron chi connectivity index (χ1n) is 6.10. The zero-order chi connectivity index (χ0) is 12.5. The summed E-state index contributed by atoms with van der Waals surface area (Å²) in [5.41, 5.74) is 1.83. The molecule has 1 heterocycles. The molecular weight excluding hydrogens is 222 g/mol. The second-order valence-electron chi connectivity index (χ2n) is 4.45. The molecule has 3 rings (SSSR count). The fourth-order valence-electron chi connectivity index (χ4n) is 2.54. The third kappa shape index (κ3) is 1.48. The Morgan fingerprint density at radius 1 is 1.17 bits per heavy atom. The molecule has 1 aliphatic rings. The normalized spacial score (nSPS) is 13.1. The molecule has 0 unspecified atom stereocenters. The van der Waals surface area contributed by atoms with E-state index in [1.807, 2.05) is 41.3 Å². The minimum Gasteiger partial charge on any atom is -0.308 e. The molecule has 2 aromatic carbocycles. The molecule has 0 saturated carbocycles. The van der Waals surface area contributed by atoms with Crippen LogP contribution in [-0.2, 0) is 0 Å². The van der Waals surface area contributed by atoms with E-state index in [1.54, 1.807) is 0 Å². The summed E-state index contributed by atoms with van der Waals surface area (Å²) in [4.78, 5) is 14.2. The van der Waals surface area contributed by atoms with Crippen LogP contribution in [0.1, 0.15) is 23.2 Å². The lowest BCUT2D eigenvalue weighted by molar-refractivity contribution is 0.0993. The number of rotatable bonds is 3. The van der Waals surface area contributed by atoms with Crippen molar-refractivity contribution < 1.29 is 4.79 Å². The number of hydrogen-bond acceptors (Lipinski definition) is 1. The Labute approximate surface area is 106 Å². The smallest absolute Gasteiger partial charge is 0.258 e. The van der Waals surface area contributed by atoms with Crippen molar-refractivity contribution in [1.29, 1.82) is 0 Å². The van der Waals surface area contributed by atoms with Gasteiger partial charge in [-0.2, -0.15) is 0 Å². The number of unbranched alkanes of at least 4 members (excludes halogenated alkanes) is 1. The lowest BCUT2D eigenvalue weighted by Gasteiger charge is -2.16. The molecule has 2 nitrogen and oxygen atoms in total. The molecule has 0 fully saturated rings. The van der Waals surface area contributed by atoms with Crippen molar-refractivity contribution in [2.45, 2.75) is 12.8 Å². The van der Waals surface area contributed by atoms with Gasteiger partial charge in [-0.3, -0.25) is 4.79 Å². The van der Waals surface area contributed by atoms with Crippen molar-refractivity contribution in [3.8, 4) is 12.3 Å². The van der Waals surface area contributed by atoms with Crippen LogP contribution >= 0.6 is 0 Å². The summed E-state index contributed by atoms with van der Waals surface area (Å²) in [5, 5.41) is 2.20. The topological polar surface area (TPSA) is 20.3 Å². The van der Waals surface area contributed by atoms with Gasteiger partial charge in [0.25, 0.3) is 5.91 Å². The number of amides is 1. The molecule has 2 heteroatoms. The van der Waals surface area contributed by atoms with Crippen LogP contribution in [0.3, 0.4) is 0 Å². The summed E-state index contributed by atoms with van der Waals surface area (Å²) in [5.74, 6) is 2.71. The van der Waals surface area contributed by atoms with Crippen LogP contribution in [0.15, 0.2) is 36.4 Å². The van der Waals surface area contributed by atoms with Gasteiger partial charge in [-0.15, -0.1) is 12.3 Å². The number of anilines is 1. The van der Waals surface area contributed by atoms with E-state index < -0.39 is 0 Å². The number of terminal acetylenes is 1. The molecule has 0 atom stereocenters. The van der Waals surface area contributed by atoms with Gasteiger partial charge >= 0.3 is 0 Å². The van der Waals surface area contributed by atoms with E-state index in [1.165, 1.54) is 0 Å². The number of carbonyl (C=O) groups is 1. The van der Waals surface area contributed by atoms with Gasteiger partial charge in [0.05, 0.1) is 5.69 Å². The molecule has 18 heavy (non-hydrogen) atoms. The summed E-state index contributed by atoms with van der Waals surface area (Å²) >= 11 is 0. The van der Waals surface area contributed by atoms with Crippen molar-refractivity contribution in [3.63, 3.8) is 0 Å². The molecule has 0 saturated heterocycles. The van der Waals surface area contributed by atoms with Crippen molar-refractivity contribution in [2.24, 2.45) is 0 Å². The number of benzene rings is 2. The Bertz CT molecular complexity index is 661. The maximum Gasteiger partial charge on any atom is 0.258 e. The second-order valence-corrected chi connectivity index (χ2v) is 4.45. The predicted molar refractivity (Wildman–Crippen MR) is 73.7 cm³/mol. The average Bonchev–Trinajstić information content (AvgIpc) is 2.67. The summed E-state index contributed by atoms with van der Waals surface area (Å²) in [6, 6.07) is 11.9. The maximum absolute atomic E-state index is 12.3. The van der Waals surface area contributed by atoms with E-state index in [0.29, 0.717) is 13.0 Å². The summed E-state index contributed by atoms with van der Waals surface area (Å²) in [7, 11) is 0.